The SMILES string of the molecule is CNCC(=Cc1ccc(F)c(C(=O)O)c1F)B1OC(C)(C)C(C)(C)O1. The molecule has 0 atom stereocenters. The second-order valence-electron chi connectivity index (χ2n) is 6.97. The van der Waals surface area contributed by atoms with Gasteiger partial charge in [-0.2, -0.15) is 0 Å². The van der Waals surface area contributed by atoms with Gasteiger partial charge >= 0.3 is 13.1 Å². The van der Waals surface area contributed by atoms with Gasteiger partial charge in [-0.3, -0.25) is 0 Å². The number of hydrogen-bond donors (Lipinski definition) is 2. The Balaban J connectivity index is 2.46. The van der Waals surface area contributed by atoms with Gasteiger partial charge in [-0.15, -0.1) is 0 Å². The summed E-state index contributed by atoms with van der Waals surface area (Å²) in [5.41, 5.74) is -1.59. The van der Waals surface area contributed by atoms with E-state index in [0.717, 1.165) is 6.07 Å². The van der Waals surface area contributed by atoms with E-state index in [4.69, 9.17) is 14.4 Å². The fraction of sp³-hybridized carbons (Fsp3) is 0.471. The normalized spacial score (nSPS) is 19.3. The first-order valence-corrected chi connectivity index (χ1v) is 7.92. The molecule has 136 valence electrons. The van der Waals surface area contributed by atoms with Gasteiger partial charge in [-0.1, -0.05) is 6.08 Å². The number of carboxylic acid groups (broad SMARTS) is 1. The summed E-state index contributed by atoms with van der Waals surface area (Å²) in [4.78, 5) is 11.1. The lowest BCUT2D eigenvalue weighted by atomic mass is 9.77. The molecule has 8 heteroatoms. The Morgan fingerprint density at radius 2 is 1.80 bits per heavy atom. The number of hydrogen-bond acceptors (Lipinski definition) is 4. The highest BCUT2D eigenvalue weighted by Crippen LogP contribution is 2.38. The van der Waals surface area contributed by atoms with Crippen molar-refractivity contribution in [2.75, 3.05) is 13.6 Å². The van der Waals surface area contributed by atoms with Crippen LogP contribution in [0.3, 0.4) is 0 Å². The summed E-state index contributed by atoms with van der Waals surface area (Å²) in [6, 6.07) is 2.12. The Morgan fingerprint density at radius 3 is 2.28 bits per heavy atom. The van der Waals surface area contributed by atoms with Crippen molar-refractivity contribution in [1.29, 1.82) is 0 Å². The number of halogens is 2. The van der Waals surface area contributed by atoms with Gasteiger partial charge in [0.1, 0.15) is 17.2 Å². The van der Waals surface area contributed by atoms with E-state index in [1.165, 1.54) is 12.1 Å². The molecular weight excluding hydrogens is 331 g/mol. The zero-order chi connectivity index (χ0) is 19.0. The zero-order valence-electron chi connectivity index (χ0n) is 14.9. The number of likely N-dealkylation sites (N-methyl/N-ethyl adjacent to an activating group) is 1. The Morgan fingerprint density at radius 1 is 1.24 bits per heavy atom. The smallest absolute Gasteiger partial charge is 0.477 e. The van der Waals surface area contributed by atoms with Crippen molar-refractivity contribution in [2.24, 2.45) is 0 Å². The summed E-state index contributed by atoms with van der Waals surface area (Å²) in [6.45, 7) is 7.90. The fourth-order valence-corrected chi connectivity index (χ4v) is 2.48. The number of nitrogens with one attached hydrogen (secondary N) is 1. The van der Waals surface area contributed by atoms with Gasteiger partial charge in [-0.25, -0.2) is 13.6 Å². The maximum Gasteiger partial charge on any atom is 0.491 e. The number of aromatic carboxylic acids is 1. The highest BCUT2D eigenvalue weighted by molar-refractivity contribution is 6.55. The molecule has 1 fully saturated rings. The summed E-state index contributed by atoms with van der Waals surface area (Å²) in [5.74, 6) is -3.90. The van der Waals surface area contributed by atoms with Crippen LogP contribution in [0.2, 0.25) is 0 Å². The Bertz CT molecular complexity index is 703. The van der Waals surface area contributed by atoms with Crippen molar-refractivity contribution in [2.45, 2.75) is 38.9 Å². The molecule has 0 bridgehead atoms. The van der Waals surface area contributed by atoms with Gasteiger partial charge in [-0.05, 0) is 52.3 Å². The minimum atomic E-state index is -1.66. The first kappa shape index (κ1) is 19.6. The topological polar surface area (TPSA) is 67.8 Å². The van der Waals surface area contributed by atoms with Crippen LogP contribution < -0.4 is 5.32 Å². The average molecular weight is 353 g/mol. The van der Waals surface area contributed by atoms with Crippen molar-refractivity contribution < 1.29 is 28.0 Å². The van der Waals surface area contributed by atoms with Crippen LogP contribution in [-0.2, 0) is 9.31 Å². The molecule has 0 radical (unpaired) electrons. The molecule has 2 N–H and O–H groups in total. The van der Waals surface area contributed by atoms with Gasteiger partial charge in [0, 0.05) is 12.1 Å². The Hall–Kier alpha value is -1.77. The summed E-state index contributed by atoms with van der Waals surface area (Å²) < 4.78 is 39.9. The Kier molecular flexibility index (Phi) is 5.37. The van der Waals surface area contributed by atoms with Crippen LogP contribution >= 0.6 is 0 Å². The number of rotatable bonds is 5. The van der Waals surface area contributed by atoms with Gasteiger partial charge in [0.2, 0.25) is 0 Å². The molecule has 0 saturated carbocycles. The maximum atomic E-state index is 14.4. The van der Waals surface area contributed by atoms with Gasteiger partial charge in [0.15, 0.2) is 0 Å². The van der Waals surface area contributed by atoms with Crippen LogP contribution in [0.4, 0.5) is 8.78 Å². The lowest BCUT2D eigenvalue weighted by Gasteiger charge is -2.32. The summed E-state index contributed by atoms with van der Waals surface area (Å²) in [7, 11) is 0.984. The van der Waals surface area contributed by atoms with Crippen LogP contribution in [0.1, 0.15) is 43.6 Å². The first-order valence-electron chi connectivity index (χ1n) is 7.92. The van der Waals surface area contributed by atoms with E-state index in [1.807, 2.05) is 27.7 Å². The third-order valence-corrected chi connectivity index (χ3v) is 4.61. The lowest BCUT2D eigenvalue weighted by molar-refractivity contribution is 0.00578. The highest BCUT2D eigenvalue weighted by atomic mass is 19.1. The molecular formula is C17H22BF2NO4. The monoisotopic (exact) mass is 353 g/mol. The summed E-state index contributed by atoms with van der Waals surface area (Å²) in [5, 5.41) is 11.9. The number of carbonyl (C=O) groups is 1. The molecule has 0 aromatic heterocycles. The zero-order valence-corrected chi connectivity index (χ0v) is 14.9. The third-order valence-electron chi connectivity index (χ3n) is 4.61. The van der Waals surface area contributed by atoms with Crippen LogP contribution in [0.5, 0.6) is 0 Å². The molecule has 1 aromatic carbocycles. The van der Waals surface area contributed by atoms with Crippen LogP contribution in [0, 0.1) is 11.6 Å². The molecule has 0 aliphatic carbocycles. The fourth-order valence-electron chi connectivity index (χ4n) is 2.48. The predicted molar refractivity (Wildman–Crippen MR) is 91.3 cm³/mol. The predicted octanol–water partition coefficient (Wildman–Crippen LogP) is 2.90. The van der Waals surface area contributed by atoms with Crippen LogP contribution in [0.15, 0.2) is 17.6 Å². The van der Waals surface area contributed by atoms with E-state index in [-0.39, 0.29) is 5.56 Å². The highest BCUT2D eigenvalue weighted by Gasteiger charge is 2.52. The molecule has 1 saturated heterocycles. The van der Waals surface area contributed by atoms with Gasteiger partial charge < -0.3 is 19.7 Å². The number of benzene rings is 1. The molecule has 0 unspecified atom stereocenters. The quantitative estimate of drug-likeness (QED) is 0.797. The van der Waals surface area contributed by atoms with E-state index in [1.54, 1.807) is 7.05 Å². The van der Waals surface area contributed by atoms with Crippen molar-refractivity contribution in [3.63, 3.8) is 0 Å². The van der Waals surface area contributed by atoms with Crippen molar-refractivity contribution >= 4 is 19.2 Å². The molecule has 1 aliphatic rings. The molecule has 5 nitrogen and oxygen atoms in total. The van der Waals surface area contributed by atoms with Gasteiger partial charge in [0.05, 0.1) is 11.2 Å². The third kappa shape index (κ3) is 3.76. The largest absolute Gasteiger partial charge is 0.491 e. The molecule has 1 heterocycles. The maximum absolute atomic E-state index is 14.4. The molecule has 0 amide bonds. The van der Waals surface area contributed by atoms with Gasteiger partial charge in [0.25, 0.3) is 0 Å². The standard InChI is InChI=1S/C17H22BF2NO4/c1-16(2)17(3,4)25-18(24-16)11(9-21-5)8-10-6-7-12(19)13(14(10)20)15(22)23/h6-8,21H,9H2,1-5H3,(H,22,23). The van der Waals surface area contributed by atoms with E-state index in [0.29, 0.717) is 12.0 Å². The van der Waals surface area contributed by atoms with Crippen molar-refractivity contribution in [3.8, 4) is 0 Å². The molecule has 1 aromatic rings. The minimum absolute atomic E-state index is 0.0428. The van der Waals surface area contributed by atoms with E-state index >= 15 is 0 Å². The van der Waals surface area contributed by atoms with Crippen LogP contribution in [-0.4, -0.2) is 43.0 Å². The minimum Gasteiger partial charge on any atom is -0.477 e. The molecule has 1 aliphatic heterocycles. The summed E-state index contributed by atoms with van der Waals surface area (Å²) >= 11 is 0. The van der Waals surface area contributed by atoms with Crippen molar-refractivity contribution in [3.05, 3.63) is 40.4 Å². The first-order chi connectivity index (χ1) is 11.5. The molecule has 0 spiro atoms. The van der Waals surface area contributed by atoms with E-state index in [9.17, 15) is 13.6 Å². The Labute approximate surface area is 146 Å². The second kappa shape index (κ2) is 6.86. The van der Waals surface area contributed by atoms with E-state index in [2.05, 4.69) is 5.32 Å². The van der Waals surface area contributed by atoms with E-state index < -0.39 is 41.5 Å². The summed E-state index contributed by atoms with van der Waals surface area (Å²) in [6.07, 6.45) is 1.43. The van der Waals surface area contributed by atoms with Crippen LogP contribution in [0.25, 0.3) is 6.08 Å². The number of carboxylic acids is 1. The van der Waals surface area contributed by atoms with Crippen molar-refractivity contribution in [1.82, 2.24) is 5.32 Å². The molecule has 25 heavy (non-hydrogen) atoms. The lowest BCUT2D eigenvalue weighted by Crippen LogP contribution is -2.41. The molecule has 2 rings (SSSR count). The average Bonchev–Trinajstić information content (AvgIpc) is 2.69. The second-order valence-corrected chi connectivity index (χ2v) is 6.97.